The van der Waals surface area contributed by atoms with Crippen LogP contribution in [0.25, 0.3) is 0 Å². The molecule has 0 spiro atoms. The van der Waals surface area contributed by atoms with Crippen LogP contribution in [0.1, 0.15) is 95.5 Å². The Labute approximate surface area is 324 Å². The maximum absolute atomic E-state index is 14.3. The first-order valence-electron chi connectivity index (χ1n) is 20.2. The van der Waals surface area contributed by atoms with E-state index in [2.05, 4.69) is 76.4 Å². The van der Waals surface area contributed by atoms with Gasteiger partial charge in [0.1, 0.15) is 17.9 Å². The summed E-state index contributed by atoms with van der Waals surface area (Å²) in [5.74, 6) is 1.60. The predicted molar refractivity (Wildman–Crippen MR) is 214 cm³/mol. The minimum atomic E-state index is -0.883. The second kappa shape index (κ2) is 17.5. The fourth-order valence-corrected chi connectivity index (χ4v) is 9.83. The van der Waals surface area contributed by atoms with Crippen LogP contribution in [0.4, 0.5) is 5.69 Å². The number of carbonyl (C=O) groups is 2. The zero-order chi connectivity index (χ0) is 39.6. The molecule has 1 aromatic rings. The lowest BCUT2D eigenvalue weighted by molar-refractivity contribution is -0.173. The summed E-state index contributed by atoms with van der Waals surface area (Å²) in [5, 5.41) is 29.7. The van der Waals surface area contributed by atoms with Crippen molar-refractivity contribution in [3.8, 4) is 0 Å². The van der Waals surface area contributed by atoms with E-state index in [1.165, 1.54) is 6.42 Å². The highest BCUT2D eigenvalue weighted by Gasteiger charge is 2.57. The summed E-state index contributed by atoms with van der Waals surface area (Å²) in [6, 6.07) is 5.33. The van der Waals surface area contributed by atoms with Crippen LogP contribution in [0.15, 0.2) is 41.7 Å². The van der Waals surface area contributed by atoms with E-state index in [1.54, 1.807) is 19.1 Å². The molecule has 4 fully saturated rings. The van der Waals surface area contributed by atoms with Gasteiger partial charge < -0.3 is 35.4 Å². The van der Waals surface area contributed by atoms with Crippen molar-refractivity contribution in [2.75, 3.05) is 59.9 Å². The van der Waals surface area contributed by atoms with Gasteiger partial charge in [0.15, 0.2) is 0 Å². The number of anilines is 1. The van der Waals surface area contributed by atoms with Gasteiger partial charge in [-0.05, 0) is 113 Å². The Morgan fingerprint density at radius 2 is 1.83 bits per heavy atom. The van der Waals surface area contributed by atoms with Crippen LogP contribution in [0.5, 0.6) is 0 Å². The first kappa shape index (κ1) is 42.2. The fourth-order valence-electron chi connectivity index (χ4n) is 9.83. The van der Waals surface area contributed by atoms with E-state index in [9.17, 15) is 19.8 Å². The van der Waals surface area contributed by atoms with Gasteiger partial charge in [-0.25, -0.2) is 0 Å². The van der Waals surface area contributed by atoms with Gasteiger partial charge in [0.2, 0.25) is 5.91 Å². The third-order valence-electron chi connectivity index (χ3n) is 13.1. The first-order chi connectivity index (χ1) is 25.5. The zero-order valence-electron chi connectivity index (χ0n) is 34.8. The number of allylic oxidation sites excluding steroid dienone is 2. The summed E-state index contributed by atoms with van der Waals surface area (Å²) < 4.78 is 6.17. The Bertz CT molecular complexity index is 1540. The monoisotopic (exact) mass is 752 g/mol. The largest absolute Gasteiger partial charge is 0.500 e. The third kappa shape index (κ3) is 9.02. The van der Waals surface area contributed by atoms with E-state index in [0.29, 0.717) is 41.1 Å². The lowest BCUT2D eigenvalue weighted by atomic mass is 9.45. The number of fused-ring (bicyclic) bond motifs is 2. The van der Waals surface area contributed by atoms with Crippen molar-refractivity contribution in [2.24, 2.45) is 35.0 Å². The van der Waals surface area contributed by atoms with Crippen LogP contribution in [0.2, 0.25) is 0 Å². The highest BCUT2D eigenvalue weighted by atomic mass is 16.7. The second-order valence-corrected chi connectivity index (χ2v) is 18.1. The summed E-state index contributed by atoms with van der Waals surface area (Å²) in [4.78, 5) is 38.6. The van der Waals surface area contributed by atoms with Crippen LogP contribution < -0.4 is 15.5 Å². The number of amides is 2. The van der Waals surface area contributed by atoms with E-state index < -0.39 is 24.2 Å². The van der Waals surface area contributed by atoms with E-state index in [-0.39, 0.29) is 43.0 Å². The number of hydrogen-bond acceptors (Lipinski definition) is 9. The normalized spacial score (nSPS) is 30.3. The predicted octanol–water partition coefficient (Wildman–Crippen LogP) is 4.95. The molecule has 4 N–H and O–H groups in total. The fraction of sp³-hybridized carbons (Fsp3) is 0.721. The molecule has 2 amide bonds. The van der Waals surface area contributed by atoms with Crippen molar-refractivity contribution in [3.05, 3.63) is 52.8 Å². The Kier molecular flexibility index (Phi) is 13.6. The minimum absolute atomic E-state index is 0.0515. The Balaban J connectivity index is 1.42. The maximum atomic E-state index is 14.3. The van der Waals surface area contributed by atoms with Gasteiger partial charge in [-0.15, -0.1) is 0 Å². The molecule has 11 nitrogen and oxygen atoms in total. The zero-order valence-corrected chi connectivity index (χ0v) is 34.8. The number of benzene rings is 1. The SMILES string of the molecule is COC1=C(CN2O[C@@H](CO)[C@@H]([C@H](C)O)[C@H]2C(=O)N[C@H]2C[C@@H]3C[C@H]([C@@H]2C)C3(C)C)C=CCC1c1cc(C(=O)N[C@H](CCN(C)C)CC(C)C)cc(N(C)C)c1. The summed E-state index contributed by atoms with van der Waals surface area (Å²) in [6.45, 7) is 13.8. The van der Waals surface area contributed by atoms with Gasteiger partial charge in [0, 0.05) is 54.8 Å². The number of hydrogen-bond donors (Lipinski definition) is 4. The molecule has 1 unspecified atom stereocenters. The molecular weight excluding hydrogens is 683 g/mol. The standard InChI is InChI=1S/C43H69N5O6/c1-25(2)17-32(15-16-46(7)8)44-41(51)30-18-29(19-33(20-30)47(9)10)34-14-12-13-28(40(34)53-11)23-48-39(38(27(4)50)37(24-49)54-48)42(52)45-36-22-31-21-35(26(36)3)43(31,5)6/h12-13,18-20,25-27,31-32,34-39,49-50H,14-17,21-24H2,1-11H3,(H,44,51)(H,45,52)/t26-,27-,31-,32+,34?,35+,36-,37-,38+,39-/m0/s1. The number of carbonyl (C=O) groups excluding carboxylic acids is 2. The molecule has 0 radical (unpaired) electrons. The number of ether oxygens (including phenoxy) is 1. The molecular formula is C43H69N5O6. The van der Waals surface area contributed by atoms with Gasteiger partial charge in [-0.2, -0.15) is 5.06 Å². The minimum Gasteiger partial charge on any atom is -0.500 e. The highest BCUT2D eigenvalue weighted by Crippen LogP contribution is 2.61. The third-order valence-corrected chi connectivity index (χ3v) is 13.1. The van der Waals surface area contributed by atoms with Crippen LogP contribution >= 0.6 is 0 Å². The lowest BCUT2D eigenvalue weighted by Crippen LogP contribution is -2.62. The van der Waals surface area contributed by atoms with Gasteiger partial charge in [0.25, 0.3) is 5.91 Å². The van der Waals surface area contributed by atoms with Crippen molar-refractivity contribution in [1.29, 1.82) is 0 Å². The van der Waals surface area contributed by atoms with Crippen LogP contribution in [0, 0.1) is 35.0 Å². The number of nitrogens with zero attached hydrogens (tertiary/aromatic N) is 3. The average molecular weight is 752 g/mol. The van der Waals surface area contributed by atoms with Gasteiger partial charge in [-0.1, -0.05) is 46.8 Å². The molecule has 0 aromatic heterocycles. The van der Waals surface area contributed by atoms with E-state index in [0.717, 1.165) is 48.4 Å². The number of rotatable bonds is 16. The molecule has 1 heterocycles. The number of aliphatic hydroxyl groups is 2. The molecule has 1 aromatic carbocycles. The van der Waals surface area contributed by atoms with E-state index in [4.69, 9.17) is 9.57 Å². The molecule has 302 valence electrons. The molecule has 1 saturated heterocycles. The summed E-state index contributed by atoms with van der Waals surface area (Å²) >= 11 is 0. The van der Waals surface area contributed by atoms with Gasteiger partial charge in [-0.3, -0.25) is 14.4 Å². The lowest BCUT2D eigenvalue weighted by Gasteiger charge is -2.62. The van der Waals surface area contributed by atoms with Crippen molar-refractivity contribution in [2.45, 2.75) is 110 Å². The quantitative estimate of drug-likeness (QED) is 0.186. The molecule has 4 aliphatic carbocycles. The molecule has 2 bridgehead atoms. The summed E-state index contributed by atoms with van der Waals surface area (Å²) in [6.07, 6.45) is 7.09. The molecule has 10 atom stereocenters. The molecule has 54 heavy (non-hydrogen) atoms. The maximum Gasteiger partial charge on any atom is 0.251 e. The first-order valence-corrected chi connectivity index (χ1v) is 20.2. The van der Waals surface area contributed by atoms with Crippen molar-refractivity contribution < 1.29 is 29.4 Å². The summed E-state index contributed by atoms with van der Waals surface area (Å²) in [7, 11) is 9.71. The van der Waals surface area contributed by atoms with E-state index >= 15 is 0 Å². The topological polar surface area (TPSA) is 127 Å². The van der Waals surface area contributed by atoms with Crippen LogP contribution in [-0.2, 0) is 14.4 Å². The average Bonchev–Trinajstić information content (AvgIpc) is 3.49. The van der Waals surface area contributed by atoms with Crippen molar-refractivity contribution in [1.82, 2.24) is 20.6 Å². The van der Waals surface area contributed by atoms with Gasteiger partial charge in [0.05, 0.1) is 26.4 Å². The number of aliphatic hydroxyl groups excluding tert-OH is 2. The Hall–Kier alpha value is -2.96. The number of methoxy groups -OCH3 is 1. The molecule has 11 heteroatoms. The molecule has 6 rings (SSSR count). The van der Waals surface area contributed by atoms with E-state index in [1.807, 2.05) is 37.2 Å². The molecule has 1 aliphatic heterocycles. The summed E-state index contributed by atoms with van der Waals surface area (Å²) in [5.41, 5.74) is 3.60. The van der Waals surface area contributed by atoms with Gasteiger partial charge >= 0.3 is 0 Å². The van der Waals surface area contributed by atoms with Crippen molar-refractivity contribution in [3.63, 3.8) is 0 Å². The molecule has 3 saturated carbocycles. The van der Waals surface area contributed by atoms with Crippen LogP contribution in [-0.4, -0.2) is 117 Å². The van der Waals surface area contributed by atoms with Crippen molar-refractivity contribution >= 4 is 17.5 Å². The highest BCUT2D eigenvalue weighted by molar-refractivity contribution is 5.95. The number of hydroxylamine groups is 2. The van der Waals surface area contributed by atoms with Crippen LogP contribution in [0.3, 0.4) is 0 Å². The molecule has 5 aliphatic rings. The second-order valence-electron chi connectivity index (χ2n) is 18.1. The number of nitrogens with one attached hydrogen (secondary N) is 2. The Morgan fingerprint density at radius 3 is 2.41 bits per heavy atom. The Morgan fingerprint density at radius 1 is 1.11 bits per heavy atom. The smallest absolute Gasteiger partial charge is 0.251 e.